The molecule has 0 saturated carbocycles. The van der Waals surface area contributed by atoms with E-state index < -0.39 is 0 Å². The van der Waals surface area contributed by atoms with Crippen molar-refractivity contribution in [2.45, 2.75) is 32.2 Å². The van der Waals surface area contributed by atoms with Crippen LogP contribution in [0.15, 0.2) is 48.5 Å². The van der Waals surface area contributed by atoms with E-state index in [-0.39, 0.29) is 17.9 Å². The van der Waals surface area contributed by atoms with Gasteiger partial charge in [-0.05, 0) is 43.5 Å². The summed E-state index contributed by atoms with van der Waals surface area (Å²) in [5.41, 5.74) is 2.68. The van der Waals surface area contributed by atoms with Crippen LogP contribution in [0.3, 0.4) is 0 Å². The van der Waals surface area contributed by atoms with Crippen molar-refractivity contribution in [2.24, 2.45) is 0 Å². The van der Waals surface area contributed by atoms with Crippen molar-refractivity contribution in [1.82, 2.24) is 15.5 Å². The summed E-state index contributed by atoms with van der Waals surface area (Å²) < 4.78 is 5.62. The highest BCUT2D eigenvalue weighted by Crippen LogP contribution is 2.27. The Morgan fingerprint density at radius 2 is 2.00 bits per heavy atom. The molecule has 154 valence electrons. The maximum Gasteiger partial charge on any atom is 0.317 e. The number of carbonyl (C=O) groups is 2. The number of hydrogen-bond acceptors (Lipinski definition) is 3. The monoisotopic (exact) mass is 395 g/mol. The number of carbonyl (C=O) groups excluding carboxylic acids is 2. The summed E-state index contributed by atoms with van der Waals surface area (Å²) in [5.74, 6) is 0.921. The average Bonchev–Trinajstić information content (AvgIpc) is 2.78. The summed E-state index contributed by atoms with van der Waals surface area (Å²) in [6, 6.07) is 15.4. The number of hydrogen-bond donors (Lipinski definition) is 2. The topological polar surface area (TPSA) is 70.7 Å². The molecule has 1 heterocycles. The first kappa shape index (κ1) is 20.7. The van der Waals surface area contributed by atoms with Crippen molar-refractivity contribution in [3.63, 3.8) is 0 Å². The standard InChI is InChI=1S/C23H29N3O3/c1-3-29-21-12-5-4-8-19(21)15-25-22(27)18-10-6-9-17(14-18)20-11-7-13-26(16-20)23(28)24-2/h4-6,8-10,12,14,20H,3,7,11,13,15-16H2,1-2H3,(H,24,28)(H,25,27)/t20-/m0/s1. The van der Waals surface area contributed by atoms with Crippen molar-refractivity contribution in [3.05, 3.63) is 65.2 Å². The Kier molecular flexibility index (Phi) is 7.11. The molecule has 0 spiro atoms. The summed E-state index contributed by atoms with van der Waals surface area (Å²) >= 11 is 0. The predicted octanol–water partition coefficient (Wildman–Crippen LogP) is 3.53. The number of rotatable bonds is 6. The molecular formula is C23H29N3O3. The van der Waals surface area contributed by atoms with Gasteiger partial charge >= 0.3 is 6.03 Å². The summed E-state index contributed by atoms with van der Waals surface area (Å²) in [6.45, 7) is 4.38. The fourth-order valence-corrected chi connectivity index (χ4v) is 3.75. The molecule has 2 N–H and O–H groups in total. The molecular weight excluding hydrogens is 366 g/mol. The van der Waals surface area contributed by atoms with E-state index in [1.165, 1.54) is 0 Å². The fourth-order valence-electron chi connectivity index (χ4n) is 3.75. The van der Waals surface area contributed by atoms with E-state index in [0.29, 0.717) is 25.3 Å². The molecule has 1 aliphatic heterocycles. The number of piperidine rings is 1. The number of likely N-dealkylation sites (tertiary alicyclic amines) is 1. The van der Waals surface area contributed by atoms with Crippen molar-refractivity contribution in [3.8, 4) is 5.75 Å². The highest BCUT2D eigenvalue weighted by atomic mass is 16.5. The van der Waals surface area contributed by atoms with Gasteiger partial charge in [0.1, 0.15) is 5.75 Å². The Hall–Kier alpha value is -3.02. The van der Waals surface area contributed by atoms with E-state index in [1.807, 2.05) is 60.4 Å². The lowest BCUT2D eigenvalue weighted by Crippen LogP contribution is -2.43. The molecule has 1 aliphatic rings. The van der Waals surface area contributed by atoms with Crippen LogP contribution in [0.2, 0.25) is 0 Å². The Labute approximate surface area is 172 Å². The van der Waals surface area contributed by atoms with Crippen molar-refractivity contribution in [1.29, 1.82) is 0 Å². The van der Waals surface area contributed by atoms with Gasteiger partial charge in [-0.15, -0.1) is 0 Å². The van der Waals surface area contributed by atoms with Gasteiger partial charge in [0.25, 0.3) is 5.91 Å². The zero-order valence-corrected chi connectivity index (χ0v) is 17.1. The van der Waals surface area contributed by atoms with Gasteiger partial charge in [-0.1, -0.05) is 30.3 Å². The summed E-state index contributed by atoms with van der Waals surface area (Å²) in [4.78, 5) is 26.5. The molecule has 1 saturated heterocycles. The van der Waals surface area contributed by atoms with Crippen LogP contribution in [-0.4, -0.2) is 43.6 Å². The first-order valence-electron chi connectivity index (χ1n) is 10.2. The smallest absolute Gasteiger partial charge is 0.317 e. The normalized spacial score (nSPS) is 16.2. The lowest BCUT2D eigenvalue weighted by molar-refractivity contribution is 0.0950. The largest absolute Gasteiger partial charge is 0.494 e. The van der Waals surface area contributed by atoms with E-state index in [2.05, 4.69) is 10.6 Å². The quantitative estimate of drug-likeness (QED) is 0.786. The van der Waals surface area contributed by atoms with Gasteiger partial charge in [0, 0.05) is 43.7 Å². The number of nitrogens with one attached hydrogen (secondary N) is 2. The van der Waals surface area contributed by atoms with Gasteiger partial charge in [-0.25, -0.2) is 4.79 Å². The second-order valence-corrected chi connectivity index (χ2v) is 7.19. The molecule has 29 heavy (non-hydrogen) atoms. The third-order valence-electron chi connectivity index (χ3n) is 5.25. The number of urea groups is 1. The lowest BCUT2D eigenvalue weighted by Gasteiger charge is -2.32. The van der Waals surface area contributed by atoms with Gasteiger partial charge < -0.3 is 20.3 Å². The van der Waals surface area contributed by atoms with Crippen LogP contribution in [0, 0.1) is 0 Å². The molecule has 0 bridgehead atoms. The zero-order valence-electron chi connectivity index (χ0n) is 17.1. The number of nitrogens with zero attached hydrogens (tertiary/aromatic N) is 1. The van der Waals surface area contributed by atoms with Crippen LogP contribution in [-0.2, 0) is 6.54 Å². The van der Waals surface area contributed by atoms with E-state index in [4.69, 9.17) is 4.74 Å². The molecule has 3 amide bonds. The molecule has 0 unspecified atom stereocenters. The van der Waals surface area contributed by atoms with Crippen molar-refractivity contribution in [2.75, 3.05) is 26.7 Å². The molecule has 2 aromatic carbocycles. The van der Waals surface area contributed by atoms with Gasteiger partial charge in [0.05, 0.1) is 6.61 Å². The minimum absolute atomic E-state index is 0.0449. The minimum Gasteiger partial charge on any atom is -0.494 e. The summed E-state index contributed by atoms with van der Waals surface area (Å²) in [5, 5.41) is 5.68. The highest BCUT2D eigenvalue weighted by molar-refractivity contribution is 5.94. The maximum atomic E-state index is 12.7. The third-order valence-corrected chi connectivity index (χ3v) is 5.25. The molecule has 0 aromatic heterocycles. The fraction of sp³-hybridized carbons (Fsp3) is 0.391. The van der Waals surface area contributed by atoms with Crippen molar-refractivity contribution >= 4 is 11.9 Å². The average molecular weight is 396 g/mol. The molecule has 3 rings (SSSR count). The van der Waals surface area contributed by atoms with Crippen LogP contribution < -0.4 is 15.4 Å². The number of ether oxygens (including phenoxy) is 1. The summed E-state index contributed by atoms with van der Waals surface area (Å²) in [6.07, 6.45) is 1.98. The second kappa shape index (κ2) is 9.96. The van der Waals surface area contributed by atoms with Gasteiger partial charge in [-0.2, -0.15) is 0 Å². The third kappa shape index (κ3) is 5.28. The maximum absolute atomic E-state index is 12.7. The first-order valence-corrected chi connectivity index (χ1v) is 10.2. The Morgan fingerprint density at radius 3 is 2.79 bits per heavy atom. The van der Waals surface area contributed by atoms with Crippen LogP contribution >= 0.6 is 0 Å². The predicted molar refractivity (Wildman–Crippen MR) is 113 cm³/mol. The lowest BCUT2D eigenvalue weighted by atomic mass is 9.89. The SMILES string of the molecule is CCOc1ccccc1CNC(=O)c1cccc([C@H]2CCCN(C(=O)NC)C2)c1. The molecule has 2 aromatic rings. The molecule has 6 heteroatoms. The summed E-state index contributed by atoms with van der Waals surface area (Å²) in [7, 11) is 1.65. The van der Waals surface area contributed by atoms with Gasteiger partial charge in [0.2, 0.25) is 0 Å². The van der Waals surface area contributed by atoms with Gasteiger partial charge in [0.15, 0.2) is 0 Å². The van der Waals surface area contributed by atoms with E-state index in [9.17, 15) is 9.59 Å². The van der Waals surface area contributed by atoms with E-state index in [1.54, 1.807) is 7.05 Å². The first-order chi connectivity index (χ1) is 14.1. The Morgan fingerprint density at radius 1 is 1.17 bits per heavy atom. The molecule has 1 atom stereocenters. The second-order valence-electron chi connectivity index (χ2n) is 7.19. The number of amides is 3. The molecule has 1 fully saturated rings. The zero-order chi connectivity index (χ0) is 20.6. The minimum atomic E-state index is -0.114. The van der Waals surface area contributed by atoms with Gasteiger partial charge in [-0.3, -0.25) is 4.79 Å². The van der Waals surface area contributed by atoms with Crippen molar-refractivity contribution < 1.29 is 14.3 Å². The van der Waals surface area contributed by atoms with E-state index >= 15 is 0 Å². The van der Waals surface area contributed by atoms with Crippen LogP contribution in [0.5, 0.6) is 5.75 Å². The molecule has 0 radical (unpaired) electrons. The Balaban J connectivity index is 1.66. The number of benzene rings is 2. The molecule has 0 aliphatic carbocycles. The Bertz CT molecular complexity index is 853. The molecule has 6 nitrogen and oxygen atoms in total. The van der Waals surface area contributed by atoms with Crippen LogP contribution in [0.25, 0.3) is 0 Å². The van der Waals surface area contributed by atoms with E-state index in [0.717, 1.165) is 36.3 Å². The highest BCUT2D eigenvalue weighted by Gasteiger charge is 2.24. The number of para-hydroxylation sites is 1. The van der Waals surface area contributed by atoms with Crippen LogP contribution in [0.4, 0.5) is 4.79 Å². The van der Waals surface area contributed by atoms with Crippen LogP contribution in [0.1, 0.15) is 47.2 Å².